The van der Waals surface area contributed by atoms with Crippen molar-refractivity contribution in [3.05, 3.63) is 59.7 Å². The Morgan fingerprint density at radius 3 is 2.03 bits per heavy atom. The fourth-order valence-electron chi connectivity index (χ4n) is 3.22. The Balaban J connectivity index is 2.09. The van der Waals surface area contributed by atoms with E-state index >= 15 is 0 Å². The third-order valence-corrected chi connectivity index (χ3v) is 5.16. The van der Waals surface area contributed by atoms with Crippen LogP contribution in [0.1, 0.15) is 42.1 Å². The maximum Gasteiger partial charge on any atom is 0.356 e. The average Bonchev–Trinajstić information content (AvgIpc) is 2.85. The molecular weight excluding hydrogens is 486 g/mol. The first-order valence-corrected chi connectivity index (χ1v) is 11.5. The molecular formula is C25H29N3O9. The maximum absolute atomic E-state index is 12.8. The van der Waals surface area contributed by atoms with Gasteiger partial charge >= 0.3 is 23.9 Å². The quantitative estimate of drug-likeness (QED) is 0.162. The second-order valence-electron chi connectivity index (χ2n) is 8.05. The first-order chi connectivity index (χ1) is 17.6. The van der Waals surface area contributed by atoms with Gasteiger partial charge in [0.15, 0.2) is 0 Å². The summed E-state index contributed by atoms with van der Waals surface area (Å²) in [5.41, 5.74) is 0.979. The van der Waals surface area contributed by atoms with Crippen LogP contribution in [0.25, 0.3) is 0 Å². The molecule has 0 saturated carbocycles. The van der Waals surface area contributed by atoms with Crippen molar-refractivity contribution < 1.29 is 44.0 Å². The van der Waals surface area contributed by atoms with E-state index in [2.05, 4.69) is 16.0 Å². The van der Waals surface area contributed by atoms with Gasteiger partial charge in [0.25, 0.3) is 6.10 Å². The van der Waals surface area contributed by atoms with Crippen LogP contribution in [0.5, 0.6) is 5.75 Å². The third-order valence-electron chi connectivity index (χ3n) is 5.16. The fraction of sp³-hybridized carbons (Fsp3) is 0.320. The molecule has 0 unspecified atom stereocenters. The number of unbranched alkanes of at least 4 members (excludes halogenated alkanes) is 2. The first-order valence-electron chi connectivity index (χ1n) is 11.5. The van der Waals surface area contributed by atoms with Gasteiger partial charge in [-0.15, -0.1) is 0 Å². The van der Waals surface area contributed by atoms with E-state index in [0.29, 0.717) is 17.8 Å². The molecule has 12 heteroatoms. The van der Waals surface area contributed by atoms with Crippen molar-refractivity contribution >= 4 is 35.5 Å². The molecule has 0 aliphatic heterocycles. The number of hydrogen-bond acceptors (Lipinski definition) is 6. The monoisotopic (exact) mass is 515 g/mol. The molecule has 37 heavy (non-hydrogen) atoms. The third kappa shape index (κ3) is 9.51. The van der Waals surface area contributed by atoms with E-state index < -0.39 is 42.0 Å². The predicted octanol–water partition coefficient (Wildman–Crippen LogP) is 2.34. The minimum Gasteiger partial charge on any atom is -0.478 e. The SMILES string of the molecule is CCCCCNC(=O)[C@H](Cc1ccc(OC(C(=O)O)C(=O)O)cc1)NC(=O)Nc1ccc(C(=O)O)cc1. The van der Waals surface area contributed by atoms with E-state index in [4.69, 9.17) is 20.1 Å². The highest BCUT2D eigenvalue weighted by molar-refractivity contribution is 5.96. The van der Waals surface area contributed by atoms with Gasteiger partial charge in [-0.05, 0) is 48.4 Å². The number of carboxylic acid groups (broad SMARTS) is 3. The van der Waals surface area contributed by atoms with Gasteiger partial charge in [-0.25, -0.2) is 19.2 Å². The van der Waals surface area contributed by atoms with Crippen molar-refractivity contribution in [2.24, 2.45) is 0 Å². The van der Waals surface area contributed by atoms with Crippen LogP contribution in [0.4, 0.5) is 10.5 Å². The largest absolute Gasteiger partial charge is 0.478 e. The Labute approximate surface area is 212 Å². The van der Waals surface area contributed by atoms with Gasteiger partial charge in [-0.2, -0.15) is 0 Å². The number of carboxylic acids is 3. The smallest absolute Gasteiger partial charge is 0.356 e. The molecule has 198 valence electrons. The first kappa shape index (κ1) is 28.6. The number of rotatable bonds is 14. The average molecular weight is 516 g/mol. The second-order valence-corrected chi connectivity index (χ2v) is 8.05. The van der Waals surface area contributed by atoms with Gasteiger partial charge in [0.1, 0.15) is 11.8 Å². The van der Waals surface area contributed by atoms with Crippen molar-refractivity contribution in [3.8, 4) is 5.75 Å². The number of carbonyl (C=O) groups is 5. The number of benzene rings is 2. The Morgan fingerprint density at radius 2 is 1.49 bits per heavy atom. The molecule has 12 nitrogen and oxygen atoms in total. The van der Waals surface area contributed by atoms with Gasteiger partial charge in [0.05, 0.1) is 5.56 Å². The predicted molar refractivity (Wildman–Crippen MR) is 132 cm³/mol. The Hall–Kier alpha value is -4.61. The number of amides is 3. The summed E-state index contributed by atoms with van der Waals surface area (Å²) in [5.74, 6) is -4.80. The highest BCUT2D eigenvalue weighted by Gasteiger charge is 2.28. The zero-order valence-electron chi connectivity index (χ0n) is 20.1. The molecule has 0 aliphatic carbocycles. The molecule has 6 N–H and O–H groups in total. The minimum atomic E-state index is -2.07. The van der Waals surface area contributed by atoms with E-state index in [0.717, 1.165) is 19.3 Å². The summed E-state index contributed by atoms with van der Waals surface area (Å²) >= 11 is 0. The van der Waals surface area contributed by atoms with E-state index in [1.807, 2.05) is 6.92 Å². The number of hydrogen-bond donors (Lipinski definition) is 6. The van der Waals surface area contributed by atoms with Gasteiger partial charge in [0.2, 0.25) is 5.91 Å². The number of carbonyl (C=O) groups excluding carboxylic acids is 2. The molecule has 2 rings (SSSR count). The van der Waals surface area contributed by atoms with Crippen LogP contribution in [0, 0.1) is 0 Å². The van der Waals surface area contributed by atoms with Crippen LogP contribution in [-0.4, -0.2) is 63.9 Å². The summed E-state index contributed by atoms with van der Waals surface area (Å²) < 4.78 is 4.98. The summed E-state index contributed by atoms with van der Waals surface area (Å²) in [6.45, 7) is 2.46. The number of anilines is 1. The molecule has 2 aromatic carbocycles. The minimum absolute atomic E-state index is 0.00891. The molecule has 1 atom stereocenters. The lowest BCUT2D eigenvalue weighted by molar-refractivity contribution is -0.159. The number of aliphatic carboxylic acids is 2. The molecule has 0 aromatic heterocycles. The maximum atomic E-state index is 12.8. The van der Waals surface area contributed by atoms with E-state index in [1.165, 1.54) is 48.5 Å². The second kappa shape index (κ2) is 14.1. The number of nitrogens with one attached hydrogen (secondary N) is 3. The zero-order valence-corrected chi connectivity index (χ0v) is 20.1. The van der Waals surface area contributed by atoms with E-state index in [1.54, 1.807) is 0 Å². The lowest BCUT2D eigenvalue weighted by atomic mass is 10.0. The lowest BCUT2D eigenvalue weighted by Gasteiger charge is -2.19. The van der Waals surface area contributed by atoms with Gasteiger partial charge in [0, 0.05) is 18.7 Å². The highest BCUT2D eigenvalue weighted by atomic mass is 16.5. The van der Waals surface area contributed by atoms with Crippen LogP contribution in [0.2, 0.25) is 0 Å². The summed E-state index contributed by atoms with van der Waals surface area (Å²) in [6.07, 6.45) is 0.687. The lowest BCUT2D eigenvalue weighted by Crippen LogP contribution is -2.49. The Morgan fingerprint density at radius 1 is 0.865 bits per heavy atom. The summed E-state index contributed by atoms with van der Waals surface area (Å²) in [7, 11) is 0. The molecule has 3 amide bonds. The molecule has 0 bridgehead atoms. The van der Waals surface area contributed by atoms with Crippen LogP contribution >= 0.6 is 0 Å². The van der Waals surface area contributed by atoms with Crippen molar-refractivity contribution in [1.29, 1.82) is 0 Å². The molecule has 0 spiro atoms. The molecule has 0 radical (unpaired) electrons. The van der Waals surface area contributed by atoms with Crippen LogP contribution in [0.3, 0.4) is 0 Å². The van der Waals surface area contributed by atoms with Crippen LogP contribution in [-0.2, 0) is 20.8 Å². The molecule has 0 fully saturated rings. The van der Waals surface area contributed by atoms with Crippen molar-refractivity contribution in [2.75, 3.05) is 11.9 Å². The number of aromatic carboxylic acids is 1. The van der Waals surface area contributed by atoms with Gasteiger partial charge < -0.3 is 36.0 Å². The summed E-state index contributed by atoms with van der Waals surface area (Å²) in [4.78, 5) is 58.4. The molecule has 2 aromatic rings. The topological polar surface area (TPSA) is 191 Å². The van der Waals surface area contributed by atoms with Gasteiger partial charge in [-0.1, -0.05) is 31.9 Å². The number of urea groups is 1. The van der Waals surface area contributed by atoms with E-state index in [9.17, 15) is 24.0 Å². The molecule has 0 saturated heterocycles. The normalized spacial score (nSPS) is 11.3. The highest BCUT2D eigenvalue weighted by Crippen LogP contribution is 2.16. The molecule has 0 aliphatic rings. The van der Waals surface area contributed by atoms with E-state index in [-0.39, 0.29) is 17.7 Å². The van der Waals surface area contributed by atoms with Crippen LogP contribution < -0.4 is 20.7 Å². The van der Waals surface area contributed by atoms with Crippen LogP contribution in [0.15, 0.2) is 48.5 Å². The number of ether oxygens (including phenoxy) is 1. The summed E-state index contributed by atoms with van der Waals surface area (Å²) in [6, 6.07) is 9.64. The van der Waals surface area contributed by atoms with Crippen molar-refractivity contribution in [3.63, 3.8) is 0 Å². The Bertz CT molecular complexity index is 1090. The van der Waals surface area contributed by atoms with Crippen molar-refractivity contribution in [2.45, 2.75) is 44.8 Å². The summed E-state index contributed by atoms with van der Waals surface area (Å²) in [5, 5.41) is 34.8. The standard InChI is InChI=1S/C25H29N3O9/c1-2-3-4-13-26-21(29)19(28-25(36)27-17-9-7-16(8-10-17)22(30)31)14-15-5-11-18(12-6-15)37-20(23(32)33)24(34)35/h5-12,19-20H,2-4,13-14H2,1H3,(H,26,29)(H,30,31)(H,32,33)(H,34,35)(H2,27,28,36)/t19-/m0/s1. The molecule has 0 heterocycles. The fourth-order valence-corrected chi connectivity index (χ4v) is 3.22. The zero-order chi connectivity index (χ0) is 27.4. The van der Waals surface area contributed by atoms with Crippen molar-refractivity contribution in [1.82, 2.24) is 10.6 Å². The Kier molecular flexibility index (Phi) is 10.9. The van der Waals surface area contributed by atoms with Gasteiger partial charge in [-0.3, -0.25) is 4.79 Å².